The number of carboxylic acids is 1. The molecule has 0 fully saturated rings. The van der Waals surface area contributed by atoms with Gasteiger partial charge in [0.1, 0.15) is 12.2 Å². The molecule has 0 aliphatic heterocycles. The number of aliphatic carboxylic acids is 1. The van der Waals surface area contributed by atoms with E-state index in [0.29, 0.717) is 0 Å². The summed E-state index contributed by atoms with van der Waals surface area (Å²) in [5.41, 5.74) is -1.11. The maximum absolute atomic E-state index is 12.4. The van der Waals surface area contributed by atoms with E-state index in [4.69, 9.17) is 5.11 Å². The Morgan fingerprint density at radius 1 is 1.53 bits per heavy atom. The number of aryl methyl sites for hydroxylation is 1. The average molecular weight is 222 g/mol. The largest absolute Gasteiger partial charge is 0.481 e. The average Bonchev–Trinajstić information content (AvgIpc) is 2.45. The van der Waals surface area contributed by atoms with Crippen LogP contribution in [0.4, 0.5) is 13.2 Å². The zero-order valence-electron chi connectivity index (χ0n) is 7.85. The Kier molecular flexibility index (Phi) is 3.01. The molecule has 1 heterocycles. The number of aromatic amines is 1. The number of hydrogen-bond donors (Lipinski definition) is 2. The zero-order valence-corrected chi connectivity index (χ0v) is 7.85. The van der Waals surface area contributed by atoms with Crippen LogP contribution in [0.25, 0.3) is 0 Å². The predicted octanol–water partition coefficient (Wildman–Crippen LogP) is 1.62. The van der Waals surface area contributed by atoms with Crippen LogP contribution < -0.4 is 0 Å². The lowest BCUT2D eigenvalue weighted by molar-refractivity contribution is -0.142. The van der Waals surface area contributed by atoms with Crippen molar-refractivity contribution in [3.8, 4) is 0 Å². The molecule has 2 N–H and O–H groups in total. The molecule has 0 amide bonds. The summed E-state index contributed by atoms with van der Waals surface area (Å²) in [5, 5.41) is 8.40. The molecule has 1 aromatic heterocycles. The molecule has 15 heavy (non-hydrogen) atoms. The van der Waals surface area contributed by atoms with Gasteiger partial charge in [0, 0.05) is 5.69 Å². The van der Waals surface area contributed by atoms with Crippen LogP contribution in [-0.2, 0) is 23.8 Å². The van der Waals surface area contributed by atoms with Crippen LogP contribution in [0.1, 0.15) is 24.1 Å². The van der Waals surface area contributed by atoms with Gasteiger partial charge in [-0.15, -0.1) is 0 Å². The summed E-state index contributed by atoms with van der Waals surface area (Å²) >= 11 is 0. The summed E-state index contributed by atoms with van der Waals surface area (Å²) < 4.78 is 37.1. The van der Waals surface area contributed by atoms with Crippen LogP contribution in [0.2, 0.25) is 0 Å². The first-order valence-electron chi connectivity index (χ1n) is 4.21. The van der Waals surface area contributed by atoms with Gasteiger partial charge in [0.05, 0.1) is 0 Å². The van der Waals surface area contributed by atoms with Gasteiger partial charge in [0.2, 0.25) is 0 Å². The molecular weight excluding hydrogens is 213 g/mol. The number of carboxylic acid groups (broad SMARTS) is 1. The van der Waals surface area contributed by atoms with Crippen molar-refractivity contribution in [2.24, 2.45) is 0 Å². The van der Waals surface area contributed by atoms with Gasteiger partial charge in [0.25, 0.3) is 0 Å². The molecule has 0 bridgehead atoms. The minimum atomic E-state index is -4.54. The Morgan fingerprint density at radius 2 is 2.13 bits per heavy atom. The lowest BCUT2D eigenvalue weighted by atomic mass is 10.2. The first-order valence-corrected chi connectivity index (χ1v) is 4.21. The van der Waals surface area contributed by atoms with Crippen LogP contribution >= 0.6 is 0 Å². The van der Waals surface area contributed by atoms with Crippen molar-refractivity contribution in [2.45, 2.75) is 25.9 Å². The summed E-state index contributed by atoms with van der Waals surface area (Å²) in [6, 6.07) is 0. The number of nitrogens with one attached hydrogen (secondary N) is 1. The van der Waals surface area contributed by atoms with E-state index in [1.54, 1.807) is 0 Å². The number of hydrogen-bond acceptors (Lipinski definition) is 2. The number of rotatable bonds is 3. The van der Waals surface area contributed by atoms with Gasteiger partial charge in [-0.2, -0.15) is 13.2 Å². The number of aromatic nitrogens is 2. The molecule has 0 saturated carbocycles. The normalized spacial score (nSPS) is 11.7. The maximum Gasteiger partial charge on any atom is 0.435 e. The summed E-state index contributed by atoms with van der Waals surface area (Å²) in [5.74, 6) is -1.40. The Balaban J connectivity index is 3.06. The van der Waals surface area contributed by atoms with E-state index in [1.807, 2.05) is 0 Å². The van der Waals surface area contributed by atoms with Crippen molar-refractivity contribution < 1.29 is 23.1 Å². The van der Waals surface area contributed by atoms with Gasteiger partial charge in [-0.25, -0.2) is 4.98 Å². The Bertz CT molecular complexity index is 370. The van der Waals surface area contributed by atoms with Gasteiger partial charge in [0.15, 0.2) is 5.69 Å². The highest BCUT2D eigenvalue weighted by molar-refractivity contribution is 5.69. The Hall–Kier alpha value is -1.53. The molecule has 7 heteroatoms. The molecule has 0 unspecified atom stereocenters. The number of halogens is 3. The van der Waals surface area contributed by atoms with Crippen molar-refractivity contribution in [3.05, 3.63) is 17.2 Å². The molecule has 0 aliphatic rings. The molecule has 0 saturated heterocycles. The molecule has 84 valence electrons. The highest BCUT2D eigenvalue weighted by Crippen LogP contribution is 2.30. The second-order valence-corrected chi connectivity index (χ2v) is 2.93. The number of nitrogens with zero attached hydrogens (tertiary/aromatic N) is 1. The molecule has 0 aliphatic carbocycles. The van der Waals surface area contributed by atoms with Crippen LogP contribution in [-0.4, -0.2) is 21.0 Å². The third kappa shape index (κ3) is 2.71. The Morgan fingerprint density at radius 3 is 2.47 bits per heavy atom. The van der Waals surface area contributed by atoms with Gasteiger partial charge < -0.3 is 10.1 Å². The number of carbonyl (C=O) groups is 1. The molecule has 0 aromatic carbocycles. The lowest BCUT2D eigenvalue weighted by Crippen LogP contribution is -2.09. The van der Waals surface area contributed by atoms with Crippen LogP contribution in [0.15, 0.2) is 0 Å². The van der Waals surface area contributed by atoms with E-state index in [1.165, 1.54) is 6.92 Å². The van der Waals surface area contributed by atoms with Crippen LogP contribution in [0.5, 0.6) is 0 Å². The molecule has 0 atom stereocenters. The van der Waals surface area contributed by atoms with E-state index in [9.17, 15) is 18.0 Å². The first-order chi connectivity index (χ1) is 6.84. The third-order valence-corrected chi connectivity index (χ3v) is 1.77. The van der Waals surface area contributed by atoms with Crippen molar-refractivity contribution in [3.63, 3.8) is 0 Å². The third-order valence-electron chi connectivity index (χ3n) is 1.77. The minimum Gasteiger partial charge on any atom is -0.481 e. The number of alkyl halides is 3. The zero-order chi connectivity index (χ0) is 11.6. The fraction of sp³-hybridized carbons (Fsp3) is 0.500. The number of imidazole rings is 1. The predicted molar refractivity (Wildman–Crippen MR) is 44.3 cm³/mol. The molecule has 1 aromatic rings. The van der Waals surface area contributed by atoms with Gasteiger partial charge in [-0.1, -0.05) is 6.92 Å². The molecule has 0 radical (unpaired) electrons. The fourth-order valence-corrected chi connectivity index (χ4v) is 1.18. The number of H-pyrrole nitrogens is 1. The molecule has 0 spiro atoms. The second-order valence-electron chi connectivity index (χ2n) is 2.93. The fourth-order valence-electron chi connectivity index (χ4n) is 1.18. The monoisotopic (exact) mass is 222 g/mol. The quantitative estimate of drug-likeness (QED) is 0.816. The minimum absolute atomic E-state index is 0.0845. The van der Waals surface area contributed by atoms with Crippen LogP contribution in [0.3, 0.4) is 0 Å². The van der Waals surface area contributed by atoms with Gasteiger partial charge >= 0.3 is 12.1 Å². The maximum atomic E-state index is 12.4. The lowest BCUT2D eigenvalue weighted by Gasteiger charge is -2.03. The van der Waals surface area contributed by atoms with Crippen molar-refractivity contribution >= 4 is 5.97 Å². The van der Waals surface area contributed by atoms with E-state index in [-0.39, 0.29) is 17.9 Å². The van der Waals surface area contributed by atoms with Crippen molar-refractivity contribution in [1.29, 1.82) is 0 Å². The van der Waals surface area contributed by atoms with Crippen molar-refractivity contribution in [2.75, 3.05) is 0 Å². The van der Waals surface area contributed by atoms with Crippen molar-refractivity contribution in [1.82, 2.24) is 9.97 Å². The summed E-state index contributed by atoms with van der Waals surface area (Å²) in [4.78, 5) is 15.9. The van der Waals surface area contributed by atoms with Gasteiger partial charge in [-0.05, 0) is 6.42 Å². The topological polar surface area (TPSA) is 66.0 Å². The van der Waals surface area contributed by atoms with E-state index >= 15 is 0 Å². The van der Waals surface area contributed by atoms with E-state index in [2.05, 4.69) is 9.97 Å². The summed E-state index contributed by atoms with van der Waals surface area (Å²) in [6.45, 7) is 1.54. The first kappa shape index (κ1) is 11.5. The smallest absolute Gasteiger partial charge is 0.435 e. The van der Waals surface area contributed by atoms with E-state index in [0.717, 1.165) is 0 Å². The molecule has 4 nitrogen and oxygen atoms in total. The summed E-state index contributed by atoms with van der Waals surface area (Å²) in [7, 11) is 0. The van der Waals surface area contributed by atoms with E-state index < -0.39 is 24.3 Å². The highest BCUT2D eigenvalue weighted by atomic mass is 19.4. The SMILES string of the molecule is CCc1[nH]c(CC(=O)O)nc1C(F)(F)F. The second kappa shape index (κ2) is 3.92. The molecular formula is C8H9F3N2O2. The summed E-state index contributed by atoms with van der Waals surface area (Å²) in [6.07, 6.45) is -4.96. The Labute approximate surface area is 83.1 Å². The highest BCUT2D eigenvalue weighted by Gasteiger charge is 2.36. The van der Waals surface area contributed by atoms with Crippen LogP contribution in [0, 0.1) is 0 Å². The van der Waals surface area contributed by atoms with Gasteiger partial charge in [-0.3, -0.25) is 4.79 Å². The molecule has 1 rings (SSSR count). The standard InChI is InChI=1S/C8H9F3N2O2/c1-2-4-7(8(9,10)11)13-5(12-4)3-6(14)15/h2-3H2,1H3,(H,12,13)(H,14,15).